The Kier molecular flexibility index (Phi) is 4.49. The summed E-state index contributed by atoms with van der Waals surface area (Å²) in [4.78, 5) is 18.6. The Balaban J connectivity index is 1.86. The molecule has 0 radical (unpaired) electrons. The van der Waals surface area contributed by atoms with E-state index in [1.165, 1.54) is 18.2 Å². The zero-order chi connectivity index (χ0) is 19.0. The van der Waals surface area contributed by atoms with Gasteiger partial charge in [0.25, 0.3) is 0 Å². The number of aromatic nitrogens is 1. The van der Waals surface area contributed by atoms with Crippen molar-refractivity contribution in [2.24, 2.45) is 0 Å². The standard InChI is InChI=1S/C21H19F2N3O/c1-25-7-8-26(18-11-16(22)10-17(23)12-18)20-9-14(5-6-15(20)13-25)19-3-2-4-21(27)24-19/h2-6,9-12H,7-8,13H2,1H3,(H,24,27). The quantitative estimate of drug-likeness (QED) is 0.747. The van der Waals surface area contributed by atoms with Crippen LogP contribution in [0, 0.1) is 11.6 Å². The van der Waals surface area contributed by atoms with Gasteiger partial charge in [0.1, 0.15) is 11.6 Å². The number of H-pyrrole nitrogens is 1. The van der Waals surface area contributed by atoms with Crippen LogP contribution in [0.3, 0.4) is 0 Å². The number of hydrogen-bond acceptors (Lipinski definition) is 3. The SMILES string of the molecule is CN1CCN(c2cc(F)cc(F)c2)c2cc(-c3cccc(=O)[nH]3)ccc2C1. The molecule has 0 atom stereocenters. The van der Waals surface area contributed by atoms with Gasteiger partial charge in [-0.05, 0) is 36.9 Å². The molecule has 0 unspecified atom stereocenters. The van der Waals surface area contributed by atoms with Crippen molar-refractivity contribution < 1.29 is 8.78 Å². The van der Waals surface area contributed by atoms with Gasteiger partial charge in [0.2, 0.25) is 5.56 Å². The summed E-state index contributed by atoms with van der Waals surface area (Å²) in [7, 11) is 2.02. The van der Waals surface area contributed by atoms with E-state index in [1.807, 2.05) is 36.2 Å². The molecule has 4 nitrogen and oxygen atoms in total. The fourth-order valence-corrected chi connectivity index (χ4v) is 3.46. The molecule has 2 heterocycles. The third-order valence-electron chi connectivity index (χ3n) is 4.76. The molecule has 0 aliphatic carbocycles. The molecule has 27 heavy (non-hydrogen) atoms. The van der Waals surface area contributed by atoms with E-state index >= 15 is 0 Å². The maximum Gasteiger partial charge on any atom is 0.248 e. The molecule has 1 aliphatic rings. The molecule has 1 aliphatic heterocycles. The monoisotopic (exact) mass is 367 g/mol. The molecule has 0 saturated heterocycles. The molecule has 2 aromatic carbocycles. The van der Waals surface area contributed by atoms with E-state index in [1.54, 1.807) is 6.07 Å². The van der Waals surface area contributed by atoms with Gasteiger partial charge in [-0.3, -0.25) is 4.79 Å². The minimum atomic E-state index is -0.604. The summed E-state index contributed by atoms with van der Waals surface area (Å²) in [6.45, 7) is 2.08. The van der Waals surface area contributed by atoms with Crippen molar-refractivity contribution in [3.63, 3.8) is 0 Å². The highest BCUT2D eigenvalue weighted by molar-refractivity contribution is 5.73. The number of halogens is 2. The van der Waals surface area contributed by atoms with Crippen molar-refractivity contribution in [3.05, 3.63) is 82.1 Å². The van der Waals surface area contributed by atoms with Crippen molar-refractivity contribution in [2.75, 3.05) is 25.0 Å². The summed E-state index contributed by atoms with van der Waals surface area (Å²) in [6.07, 6.45) is 0. The van der Waals surface area contributed by atoms with Gasteiger partial charge in [0.05, 0.1) is 0 Å². The summed E-state index contributed by atoms with van der Waals surface area (Å²) in [5.74, 6) is -1.21. The van der Waals surface area contributed by atoms with Gasteiger partial charge in [0.15, 0.2) is 0 Å². The largest absolute Gasteiger partial charge is 0.340 e. The average molecular weight is 367 g/mol. The zero-order valence-corrected chi connectivity index (χ0v) is 14.9. The Morgan fingerprint density at radius 3 is 2.48 bits per heavy atom. The van der Waals surface area contributed by atoms with E-state index in [2.05, 4.69) is 9.88 Å². The summed E-state index contributed by atoms with van der Waals surface area (Å²) in [5.41, 5.74) is 3.79. The molecular weight excluding hydrogens is 348 g/mol. The number of pyridine rings is 1. The van der Waals surface area contributed by atoms with Crippen LogP contribution in [-0.2, 0) is 6.54 Å². The number of hydrogen-bond donors (Lipinski definition) is 1. The predicted molar refractivity (Wildman–Crippen MR) is 102 cm³/mol. The van der Waals surface area contributed by atoms with Gasteiger partial charge >= 0.3 is 0 Å². The van der Waals surface area contributed by atoms with Crippen molar-refractivity contribution in [1.29, 1.82) is 0 Å². The number of nitrogens with one attached hydrogen (secondary N) is 1. The second-order valence-corrected chi connectivity index (χ2v) is 6.79. The van der Waals surface area contributed by atoms with Gasteiger partial charge in [0, 0.05) is 54.4 Å². The number of nitrogens with zero attached hydrogens (tertiary/aromatic N) is 2. The van der Waals surface area contributed by atoms with Crippen molar-refractivity contribution in [2.45, 2.75) is 6.54 Å². The third kappa shape index (κ3) is 3.61. The summed E-state index contributed by atoms with van der Waals surface area (Å²) >= 11 is 0. The van der Waals surface area contributed by atoms with Crippen LogP contribution in [0.2, 0.25) is 0 Å². The normalized spacial score (nSPS) is 14.7. The number of aromatic amines is 1. The lowest BCUT2D eigenvalue weighted by molar-refractivity contribution is 0.343. The molecule has 6 heteroatoms. The molecule has 0 fully saturated rings. The van der Waals surface area contributed by atoms with Crippen LogP contribution in [0.25, 0.3) is 11.3 Å². The van der Waals surface area contributed by atoms with Crippen LogP contribution < -0.4 is 10.5 Å². The first-order chi connectivity index (χ1) is 13.0. The highest BCUT2D eigenvalue weighted by atomic mass is 19.1. The first-order valence-electron chi connectivity index (χ1n) is 8.74. The van der Waals surface area contributed by atoms with Crippen molar-refractivity contribution >= 4 is 11.4 Å². The topological polar surface area (TPSA) is 39.3 Å². The Labute approximate surface area is 155 Å². The molecule has 1 aromatic heterocycles. The van der Waals surface area contributed by atoms with Gasteiger partial charge < -0.3 is 14.8 Å². The van der Waals surface area contributed by atoms with E-state index < -0.39 is 11.6 Å². The highest BCUT2D eigenvalue weighted by Gasteiger charge is 2.21. The highest BCUT2D eigenvalue weighted by Crippen LogP contribution is 2.35. The summed E-state index contributed by atoms with van der Waals surface area (Å²) in [6, 6.07) is 14.5. The lowest BCUT2D eigenvalue weighted by Gasteiger charge is -2.25. The van der Waals surface area contributed by atoms with E-state index in [9.17, 15) is 13.6 Å². The lowest BCUT2D eigenvalue weighted by atomic mass is 10.0. The average Bonchev–Trinajstić information content (AvgIpc) is 2.78. The third-order valence-corrected chi connectivity index (χ3v) is 4.76. The number of rotatable bonds is 2. The first kappa shape index (κ1) is 17.4. The van der Waals surface area contributed by atoms with Crippen LogP contribution in [0.1, 0.15) is 5.56 Å². The maximum atomic E-state index is 13.8. The maximum absolute atomic E-state index is 13.8. The smallest absolute Gasteiger partial charge is 0.248 e. The molecule has 4 rings (SSSR count). The Morgan fingerprint density at radius 2 is 1.74 bits per heavy atom. The van der Waals surface area contributed by atoms with Crippen LogP contribution in [0.5, 0.6) is 0 Å². The fourth-order valence-electron chi connectivity index (χ4n) is 3.46. The predicted octanol–water partition coefficient (Wildman–Crippen LogP) is 3.90. The summed E-state index contributed by atoms with van der Waals surface area (Å²) in [5, 5.41) is 0. The molecule has 138 valence electrons. The zero-order valence-electron chi connectivity index (χ0n) is 14.9. The fraction of sp³-hybridized carbons (Fsp3) is 0.190. The number of likely N-dealkylation sites (N-methyl/N-ethyl adjacent to an activating group) is 1. The van der Waals surface area contributed by atoms with E-state index in [0.717, 1.165) is 36.0 Å². The molecule has 0 bridgehead atoms. The van der Waals surface area contributed by atoms with E-state index in [4.69, 9.17) is 0 Å². The van der Waals surface area contributed by atoms with Crippen LogP contribution in [0.15, 0.2) is 59.4 Å². The minimum Gasteiger partial charge on any atom is -0.340 e. The second-order valence-electron chi connectivity index (χ2n) is 6.79. The van der Waals surface area contributed by atoms with E-state index in [-0.39, 0.29) is 5.56 Å². The molecule has 0 saturated carbocycles. The van der Waals surface area contributed by atoms with Gasteiger partial charge in [-0.2, -0.15) is 0 Å². The van der Waals surface area contributed by atoms with Gasteiger partial charge in [-0.15, -0.1) is 0 Å². The number of fused-ring (bicyclic) bond motifs is 1. The molecule has 0 spiro atoms. The minimum absolute atomic E-state index is 0.175. The van der Waals surface area contributed by atoms with Crippen molar-refractivity contribution in [1.82, 2.24) is 9.88 Å². The lowest BCUT2D eigenvalue weighted by Crippen LogP contribution is -2.26. The number of benzene rings is 2. The Bertz CT molecular complexity index is 1030. The molecule has 0 amide bonds. The molecule has 1 N–H and O–H groups in total. The summed E-state index contributed by atoms with van der Waals surface area (Å²) < 4.78 is 27.6. The molecule has 3 aromatic rings. The second kappa shape index (κ2) is 6.96. The first-order valence-corrected chi connectivity index (χ1v) is 8.74. The molecular formula is C21H19F2N3O. The Morgan fingerprint density at radius 1 is 0.963 bits per heavy atom. The Hall–Kier alpha value is -2.99. The number of anilines is 2. The van der Waals surface area contributed by atoms with Gasteiger partial charge in [-0.1, -0.05) is 18.2 Å². The van der Waals surface area contributed by atoms with Crippen molar-refractivity contribution in [3.8, 4) is 11.3 Å². The van der Waals surface area contributed by atoms with Crippen LogP contribution >= 0.6 is 0 Å². The van der Waals surface area contributed by atoms with E-state index in [0.29, 0.717) is 17.9 Å². The van der Waals surface area contributed by atoms with Gasteiger partial charge in [-0.25, -0.2) is 8.78 Å². The van der Waals surface area contributed by atoms with Crippen LogP contribution in [0.4, 0.5) is 20.2 Å². The van der Waals surface area contributed by atoms with Crippen LogP contribution in [-0.4, -0.2) is 30.0 Å².